The molecule has 7 heteroatoms. The van der Waals surface area contributed by atoms with Crippen molar-refractivity contribution >= 4 is 27.7 Å². The Morgan fingerprint density at radius 3 is 2.81 bits per heavy atom. The molecule has 3 heterocycles. The smallest absolute Gasteiger partial charge is 0.291 e. The standard InChI is InChI=1S/C25H27N5O2/c1-17-6-8-18(9-7-17)14-29-11-10-19(15-29)12-26-23(31)16-30-25(32)24-21(13-27-30)20-4-2-3-5-22(20)28-24/h2-9,13,19,28H,10-12,14-16H2,1H3,(H,26,31)/t19-/m1/s1. The minimum absolute atomic E-state index is 0.0794. The van der Waals surface area contributed by atoms with Gasteiger partial charge in [-0.1, -0.05) is 48.0 Å². The molecule has 2 aromatic carbocycles. The summed E-state index contributed by atoms with van der Waals surface area (Å²) in [6.45, 7) is 5.57. The highest BCUT2D eigenvalue weighted by atomic mass is 16.2. The molecule has 0 unspecified atom stereocenters. The van der Waals surface area contributed by atoms with Crippen molar-refractivity contribution < 1.29 is 4.79 Å². The minimum atomic E-state index is -0.279. The first kappa shape index (κ1) is 20.5. The van der Waals surface area contributed by atoms with Crippen LogP contribution in [0.1, 0.15) is 17.5 Å². The van der Waals surface area contributed by atoms with Crippen LogP contribution in [-0.4, -0.2) is 45.2 Å². The number of aromatic amines is 1. The SMILES string of the molecule is Cc1ccc(CN2CC[C@H](CNC(=O)Cn3ncc4c([nH]c5ccccc54)c3=O)C2)cc1. The average molecular weight is 430 g/mol. The number of hydrogen-bond donors (Lipinski definition) is 2. The Hall–Kier alpha value is -3.45. The van der Waals surface area contributed by atoms with Crippen molar-refractivity contribution in [2.45, 2.75) is 26.4 Å². The van der Waals surface area contributed by atoms with Gasteiger partial charge < -0.3 is 10.3 Å². The number of aromatic nitrogens is 3. The third-order valence-corrected chi connectivity index (χ3v) is 6.30. The molecule has 1 aliphatic heterocycles. The monoisotopic (exact) mass is 429 g/mol. The van der Waals surface area contributed by atoms with Crippen LogP contribution >= 0.6 is 0 Å². The largest absolute Gasteiger partial charge is 0.354 e. The number of H-pyrrole nitrogens is 1. The van der Waals surface area contributed by atoms with Gasteiger partial charge in [-0.15, -0.1) is 0 Å². The minimum Gasteiger partial charge on any atom is -0.354 e. The number of likely N-dealkylation sites (tertiary alicyclic amines) is 1. The van der Waals surface area contributed by atoms with E-state index in [2.05, 4.69) is 51.5 Å². The number of amides is 1. The van der Waals surface area contributed by atoms with Crippen molar-refractivity contribution in [1.29, 1.82) is 0 Å². The number of fused-ring (bicyclic) bond motifs is 3. The van der Waals surface area contributed by atoms with E-state index in [-0.39, 0.29) is 18.0 Å². The molecule has 1 amide bonds. The number of carbonyl (C=O) groups is 1. The summed E-state index contributed by atoms with van der Waals surface area (Å²) >= 11 is 0. The molecule has 0 radical (unpaired) electrons. The quantitative estimate of drug-likeness (QED) is 0.494. The highest BCUT2D eigenvalue weighted by Gasteiger charge is 2.23. The van der Waals surface area contributed by atoms with Gasteiger partial charge in [-0.2, -0.15) is 5.10 Å². The Balaban J connectivity index is 1.17. The molecular formula is C25H27N5O2. The van der Waals surface area contributed by atoms with Gasteiger partial charge in [0, 0.05) is 35.9 Å². The van der Waals surface area contributed by atoms with Crippen LogP contribution in [0.5, 0.6) is 0 Å². The van der Waals surface area contributed by atoms with Crippen molar-refractivity contribution in [3.63, 3.8) is 0 Å². The van der Waals surface area contributed by atoms with Crippen LogP contribution in [0.3, 0.4) is 0 Å². The molecular weight excluding hydrogens is 402 g/mol. The Morgan fingerprint density at radius 2 is 1.97 bits per heavy atom. The first-order chi connectivity index (χ1) is 15.6. The Kier molecular flexibility index (Phi) is 5.49. The van der Waals surface area contributed by atoms with E-state index in [0.717, 1.165) is 42.3 Å². The van der Waals surface area contributed by atoms with Crippen LogP contribution in [0.2, 0.25) is 0 Å². The second kappa shape index (κ2) is 8.59. The highest BCUT2D eigenvalue weighted by molar-refractivity contribution is 6.06. The lowest BCUT2D eigenvalue weighted by molar-refractivity contribution is -0.122. The average Bonchev–Trinajstić information content (AvgIpc) is 3.40. The normalized spacial score (nSPS) is 16.7. The van der Waals surface area contributed by atoms with Gasteiger partial charge in [0.25, 0.3) is 5.56 Å². The van der Waals surface area contributed by atoms with Crippen molar-refractivity contribution in [3.05, 3.63) is 76.2 Å². The third kappa shape index (κ3) is 4.16. The molecule has 32 heavy (non-hydrogen) atoms. The molecule has 0 spiro atoms. The molecule has 7 nitrogen and oxygen atoms in total. The summed E-state index contributed by atoms with van der Waals surface area (Å²) in [5.74, 6) is 0.234. The van der Waals surface area contributed by atoms with Crippen LogP contribution < -0.4 is 10.9 Å². The van der Waals surface area contributed by atoms with E-state index < -0.39 is 0 Å². The second-order valence-corrected chi connectivity index (χ2v) is 8.75. The first-order valence-electron chi connectivity index (χ1n) is 11.1. The topological polar surface area (TPSA) is 83.0 Å². The fourth-order valence-electron chi connectivity index (χ4n) is 4.51. The van der Waals surface area contributed by atoms with Crippen molar-refractivity contribution in [2.24, 2.45) is 5.92 Å². The number of hydrogen-bond acceptors (Lipinski definition) is 4. The number of aryl methyl sites for hydroxylation is 1. The van der Waals surface area contributed by atoms with E-state index >= 15 is 0 Å². The lowest BCUT2D eigenvalue weighted by Crippen LogP contribution is -2.36. The fourth-order valence-corrected chi connectivity index (χ4v) is 4.51. The predicted molar refractivity (Wildman–Crippen MR) is 125 cm³/mol. The number of benzene rings is 2. The Bertz CT molecular complexity index is 1320. The molecule has 0 saturated carbocycles. The van der Waals surface area contributed by atoms with Gasteiger partial charge in [-0.3, -0.25) is 14.5 Å². The zero-order valence-corrected chi connectivity index (χ0v) is 18.2. The van der Waals surface area contributed by atoms with Gasteiger partial charge in [-0.25, -0.2) is 4.68 Å². The third-order valence-electron chi connectivity index (χ3n) is 6.30. The maximum atomic E-state index is 12.8. The van der Waals surface area contributed by atoms with Gasteiger partial charge in [0.1, 0.15) is 12.1 Å². The van der Waals surface area contributed by atoms with Gasteiger partial charge in [-0.05, 0) is 37.4 Å². The van der Waals surface area contributed by atoms with Gasteiger partial charge in [0.2, 0.25) is 5.91 Å². The lowest BCUT2D eigenvalue weighted by atomic mass is 10.1. The molecule has 4 aromatic rings. The van der Waals surface area contributed by atoms with Crippen LogP contribution in [0, 0.1) is 12.8 Å². The number of rotatable bonds is 6. The molecule has 2 aromatic heterocycles. The molecule has 1 saturated heterocycles. The Labute approximate surface area is 186 Å². The van der Waals surface area contributed by atoms with E-state index in [4.69, 9.17) is 0 Å². The highest BCUT2D eigenvalue weighted by Crippen LogP contribution is 2.22. The molecule has 1 fully saturated rings. The van der Waals surface area contributed by atoms with Gasteiger partial charge in [0.15, 0.2) is 0 Å². The molecule has 2 N–H and O–H groups in total. The summed E-state index contributed by atoms with van der Waals surface area (Å²) in [4.78, 5) is 30.9. The number of nitrogens with one attached hydrogen (secondary N) is 2. The summed E-state index contributed by atoms with van der Waals surface area (Å²) in [6, 6.07) is 16.4. The van der Waals surface area contributed by atoms with Crippen LogP contribution in [0.15, 0.2) is 59.5 Å². The number of para-hydroxylation sites is 1. The number of nitrogens with zero attached hydrogens (tertiary/aromatic N) is 3. The molecule has 0 bridgehead atoms. The van der Waals surface area contributed by atoms with Crippen molar-refractivity contribution in [3.8, 4) is 0 Å². The van der Waals surface area contributed by atoms with Crippen molar-refractivity contribution in [1.82, 2.24) is 25.0 Å². The second-order valence-electron chi connectivity index (χ2n) is 8.75. The summed E-state index contributed by atoms with van der Waals surface area (Å²) in [5, 5.41) is 8.96. The fraction of sp³-hybridized carbons (Fsp3) is 0.320. The molecule has 1 aliphatic rings. The van der Waals surface area contributed by atoms with Crippen molar-refractivity contribution in [2.75, 3.05) is 19.6 Å². The summed E-state index contributed by atoms with van der Waals surface area (Å²) in [5.41, 5.74) is 3.68. The summed E-state index contributed by atoms with van der Waals surface area (Å²) in [6.07, 6.45) is 2.72. The van der Waals surface area contributed by atoms with Crippen LogP contribution in [0.4, 0.5) is 0 Å². The summed E-state index contributed by atoms with van der Waals surface area (Å²) in [7, 11) is 0. The number of carbonyl (C=O) groups excluding carboxylic acids is 1. The molecule has 5 rings (SSSR count). The van der Waals surface area contributed by atoms with E-state index in [0.29, 0.717) is 18.0 Å². The van der Waals surface area contributed by atoms with E-state index in [1.54, 1.807) is 6.20 Å². The first-order valence-corrected chi connectivity index (χ1v) is 11.1. The maximum Gasteiger partial charge on any atom is 0.291 e. The van der Waals surface area contributed by atoms with Crippen LogP contribution in [-0.2, 0) is 17.9 Å². The predicted octanol–water partition coefficient (Wildman–Crippen LogP) is 2.82. The zero-order valence-electron chi connectivity index (χ0n) is 18.2. The van der Waals surface area contributed by atoms with E-state index in [1.165, 1.54) is 15.8 Å². The molecule has 164 valence electrons. The zero-order chi connectivity index (χ0) is 22.1. The lowest BCUT2D eigenvalue weighted by Gasteiger charge is -2.16. The molecule has 0 aliphatic carbocycles. The van der Waals surface area contributed by atoms with Gasteiger partial charge in [0.05, 0.1) is 6.20 Å². The van der Waals surface area contributed by atoms with E-state index in [9.17, 15) is 9.59 Å². The Morgan fingerprint density at radius 1 is 1.16 bits per heavy atom. The summed E-state index contributed by atoms with van der Waals surface area (Å²) < 4.78 is 1.23. The maximum absolute atomic E-state index is 12.8. The van der Waals surface area contributed by atoms with Crippen LogP contribution in [0.25, 0.3) is 21.8 Å². The van der Waals surface area contributed by atoms with E-state index in [1.807, 2.05) is 24.3 Å². The van der Waals surface area contributed by atoms with Gasteiger partial charge >= 0.3 is 0 Å². The molecule has 1 atom stereocenters.